The van der Waals surface area contributed by atoms with E-state index in [2.05, 4.69) is 5.32 Å². The van der Waals surface area contributed by atoms with E-state index < -0.39 is 16.5 Å². The van der Waals surface area contributed by atoms with Gasteiger partial charge in [-0.15, -0.1) is 0 Å². The van der Waals surface area contributed by atoms with Gasteiger partial charge in [0.15, 0.2) is 6.61 Å². The molecular weight excluding hydrogens is 352 g/mol. The highest BCUT2D eigenvalue weighted by atomic mass is 16.6. The molecule has 0 unspecified atom stereocenters. The van der Waals surface area contributed by atoms with Crippen LogP contribution in [0, 0.1) is 24.0 Å². The maximum absolute atomic E-state index is 12.1. The van der Waals surface area contributed by atoms with Crippen molar-refractivity contribution in [3.8, 4) is 5.75 Å². The van der Waals surface area contributed by atoms with Crippen molar-refractivity contribution in [2.24, 2.45) is 0 Å². The predicted molar refractivity (Wildman–Crippen MR) is 99.2 cm³/mol. The number of aryl methyl sites for hydroxylation is 2. The molecule has 1 aromatic heterocycles. The molecule has 1 heterocycles. The Balaban J connectivity index is 1.71. The number of carbonyl (C=O) groups excluding carboxylic acids is 1. The molecule has 0 aliphatic heterocycles. The Bertz CT molecular complexity index is 1100. The molecule has 2 aromatic carbocycles. The third-order valence-corrected chi connectivity index (χ3v) is 4.00. The minimum atomic E-state index is -0.531. The van der Waals surface area contributed by atoms with Crippen molar-refractivity contribution >= 4 is 28.3 Å². The molecule has 0 saturated heterocycles. The van der Waals surface area contributed by atoms with Crippen molar-refractivity contribution in [1.82, 2.24) is 0 Å². The summed E-state index contributed by atoms with van der Waals surface area (Å²) in [7, 11) is 0. The highest BCUT2D eigenvalue weighted by Gasteiger charge is 2.12. The van der Waals surface area contributed by atoms with Crippen molar-refractivity contribution in [2.75, 3.05) is 11.9 Å². The fourth-order valence-corrected chi connectivity index (χ4v) is 2.59. The number of carbonyl (C=O) groups is 1. The number of fused-ring (bicyclic) bond motifs is 1. The van der Waals surface area contributed by atoms with Crippen molar-refractivity contribution in [2.45, 2.75) is 13.8 Å². The van der Waals surface area contributed by atoms with Gasteiger partial charge in [0.2, 0.25) is 0 Å². The van der Waals surface area contributed by atoms with Gasteiger partial charge >= 0.3 is 5.63 Å². The molecule has 0 fully saturated rings. The van der Waals surface area contributed by atoms with Crippen LogP contribution < -0.4 is 15.7 Å². The van der Waals surface area contributed by atoms with Crippen LogP contribution in [0.2, 0.25) is 0 Å². The van der Waals surface area contributed by atoms with Crippen LogP contribution in [0.25, 0.3) is 11.0 Å². The summed E-state index contributed by atoms with van der Waals surface area (Å²) in [5, 5.41) is 14.2. The number of anilines is 1. The monoisotopic (exact) mass is 368 g/mol. The number of rotatable bonds is 5. The summed E-state index contributed by atoms with van der Waals surface area (Å²) in [4.78, 5) is 33.9. The van der Waals surface area contributed by atoms with Gasteiger partial charge in [0.05, 0.1) is 10.6 Å². The van der Waals surface area contributed by atoms with Crippen molar-refractivity contribution in [1.29, 1.82) is 0 Å². The molecule has 1 amide bonds. The number of hydrogen-bond acceptors (Lipinski definition) is 6. The highest BCUT2D eigenvalue weighted by molar-refractivity contribution is 5.93. The summed E-state index contributed by atoms with van der Waals surface area (Å²) in [5.41, 5.74) is 1.61. The molecule has 0 aliphatic rings. The van der Waals surface area contributed by atoms with Gasteiger partial charge in [-0.1, -0.05) is 6.07 Å². The normalized spacial score (nSPS) is 10.6. The Morgan fingerprint density at radius 3 is 2.67 bits per heavy atom. The summed E-state index contributed by atoms with van der Waals surface area (Å²) < 4.78 is 10.6. The molecule has 1 N–H and O–H groups in total. The van der Waals surface area contributed by atoms with Gasteiger partial charge in [0, 0.05) is 29.7 Å². The molecule has 0 radical (unpaired) electrons. The van der Waals surface area contributed by atoms with Crippen LogP contribution in [0.3, 0.4) is 0 Å². The van der Waals surface area contributed by atoms with Crippen molar-refractivity contribution < 1.29 is 18.9 Å². The first-order valence-electron chi connectivity index (χ1n) is 8.06. The van der Waals surface area contributed by atoms with Gasteiger partial charge in [-0.25, -0.2) is 4.79 Å². The molecule has 0 aliphatic carbocycles. The van der Waals surface area contributed by atoms with Crippen LogP contribution >= 0.6 is 0 Å². The number of hydrogen-bond donors (Lipinski definition) is 1. The maximum Gasteiger partial charge on any atom is 0.336 e. The molecule has 0 bridgehead atoms. The number of nitrogens with zero attached hydrogens (tertiary/aromatic N) is 1. The number of benzene rings is 2. The Labute approximate surface area is 153 Å². The molecular formula is C19H16N2O6. The fraction of sp³-hybridized carbons (Fsp3) is 0.158. The van der Waals surface area contributed by atoms with E-state index in [9.17, 15) is 19.7 Å². The van der Waals surface area contributed by atoms with E-state index in [0.29, 0.717) is 22.6 Å². The van der Waals surface area contributed by atoms with E-state index in [4.69, 9.17) is 9.15 Å². The zero-order chi connectivity index (χ0) is 19.6. The zero-order valence-electron chi connectivity index (χ0n) is 14.6. The van der Waals surface area contributed by atoms with Crippen LogP contribution in [-0.2, 0) is 4.79 Å². The average Bonchev–Trinajstić information content (AvgIpc) is 2.61. The maximum atomic E-state index is 12.1. The fourth-order valence-electron chi connectivity index (χ4n) is 2.59. The SMILES string of the molecule is Cc1ccc([N+](=O)[O-])cc1NC(=O)COc1ccc2c(C)cc(=O)oc2c1. The summed E-state index contributed by atoms with van der Waals surface area (Å²) in [5.74, 6) is -0.105. The van der Waals surface area contributed by atoms with Crippen LogP contribution in [-0.4, -0.2) is 17.4 Å². The summed E-state index contributed by atoms with van der Waals surface area (Å²) in [6.07, 6.45) is 0. The van der Waals surface area contributed by atoms with Gasteiger partial charge in [-0.05, 0) is 37.1 Å². The third kappa shape index (κ3) is 4.12. The Hall–Kier alpha value is -3.68. The lowest BCUT2D eigenvalue weighted by atomic mass is 10.1. The molecule has 0 atom stereocenters. The number of non-ortho nitro benzene ring substituents is 1. The van der Waals surface area contributed by atoms with Crippen LogP contribution in [0.15, 0.2) is 51.7 Å². The quantitative estimate of drug-likeness (QED) is 0.420. The number of ether oxygens (including phenoxy) is 1. The summed E-state index contributed by atoms with van der Waals surface area (Å²) in [6.45, 7) is 3.23. The number of nitro benzene ring substituents is 1. The van der Waals surface area contributed by atoms with Gasteiger partial charge < -0.3 is 14.5 Å². The standard InChI is InChI=1S/C19H16N2O6/c1-11-3-4-13(21(24)25)8-16(11)20-18(22)10-26-14-5-6-15-12(2)7-19(23)27-17(15)9-14/h3-9H,10H2,1-2H3,(H,20,22). The predicted octanol–water partition coefficient (Wildman–Crippen LogP) is 3.34. The average molecular weight is 368 g/mol. The first kappa shape index (κ1) is 18.1. The van der Waals surface area contributed by atoms with E-state index in [-0.39, 0.29) is 12.3 Å². The molecule has 8 heteroatoms. The van der Waals surface area contributed by atoms with Gasteiger partial charge in [-0.2, -0.15) is 0 Å². The first-order chi connectivity index (χ1) is 12.8. The molecule has 0 saturated carbocycles. The number of nitrogens with one attached hydrogen (secondary N) is 1. The second-order valence-corrected chi connectivity index (χ2v) is 6.00. The van der Waals surface area contributed by atoms with E-state index in [1.807, 2.05) is 0 Å². The topological polar surface area (TPSA) is 112 Å². The minimum absolute atomic E-state index is 0.114. The molecule has 8 nitrogen and oxygen atoms in total. The van der Waals surface area contributed by atoms with Crippen LogP contribution in [0.4, 0.5) is 11.4 Å². The molecule has 138 valence electrons. The number of nitro groups is 1. The van der Waals surface area contributed by atoms with E-state index in [0.717, 1.165) is 10.9 Å². The lowest BCUT2D eigenvalue weighted by molar-refractivity contribution is -0.384. The molecule has 3 rings (SSSR count). The Kier molecular flexibility index (Phi) is 4.89. The largest absolute Gasteiger partial charge is 0.484 e. The lowest BCUT2D eigenvalue weighted by Crippen LogP contribution is -2.20. The third-order valence-electron chi connectivity index (χ3n) is 4.00. The second kappa shape index (κ2) is 7.28. The van der Waals surface area contributed by atoms with Gasteiger partial charge in [0.25, 0.3) is 11.6 Å². The summed E-state index contributed by atoms with van der Waals surface area (Å²) in [6, 6.07) is 10.6. The smallest absolute Gasteiger partial charge is 0.336 e. The van der Waals surface area contributed by atoms with Crippen molar-refractivity contribution in [3.05, 3.63) is 74.1 Å². The van der Waals surface area contributed by atoms with Gasteiger partial charge in [-0.3, -0.25) is 14.9 Å². The Morgan fingerprint density at radius 1 is 1.15 bits per heavy atom. The van der Waals surface area contributed by atoms with Crippen molar-refractivity contribution in [3.63, 3.8) is 0 Å². The lowest BCUT2D eigenvalue weighted by Gasteiger charge is -2.10. The minimum Gasteiger partial charge on any atom is -0.484 e. The Morgan fingerprint density at radius 2 is 1.93 bits per heavy atom. The van der Waals surface area contributed by atoms with Gasteiger partial charge in [0.1, 0.15) is 11.3 Å². The van der Waals surface area contributed by atoms with E-state index >= 15 is 0 Å². The van der Waals surface area contributed by atoms with Crippen LogP contribution in [0.5, 0.6) is 5.75 Å². The first-order valence-corrected chi connectivity index (χ1v) is 8.06. The molecule has 3 aromatic rings. The van der Waals surface area contributed by atoms with E-state index in [1.54, 1.807) is 32.0 Å². The van der Waals surface area contributed by atoms with E-state index in [1.165, 1.54) is 24.3 Å². The highest BCUT2D eigenvalue weighted by Crippen LogP contribution is 2.23. The molecule has 27 heavy (non-hydrogen) atoms. The summed E-state index contributed by atoms with van der Waals surface area (Å²) >= 11 is 0. The number of amides is 1. The zero-order valence-corrected chi connectivity index (χ0v) is 14.6. The molecule has 0 spiro atoms. The second-order valence-electron chi connectivity index (χ2n) is 6.00. The van der Waals surface area contributed by atoms with Crippen LogP contribution in [0.1, 0.15) is 11.1 Å².